The molecule has 0 spiro atoms. The van der Waals surface area contributed by atoms with Gasteiger partial charge in [-0.3, -0.25) is 0 Å². The second kappa shape index (κ2) is 4.84. The third kappa shape index (κ3) is 3.12. The van der Waals surface area contributed by atoms with Crippen LogP contribution in [0, 0.1) is 3.57 Å². The van der Waals surface area contributed by atoms with E-state index in [1.807, 2.05) is 12.1 Å². The van der Waals surface area contributed by atoms with Gasteiger partial charge in [0.25, 0.3) is 0 Å². The van der Waals surface area contributed by atoms with Crippen LogP contribution >= 0.6 is 22.6 Å². The molecule has 12 heavy (non-hydrogen) atoms. The standard InChI is InChI=1S/C8H11BINO/c1-9(12)11-6-7-4-2-3-5-8(7)10/h2-5,11-12H,6H2,1H3. The van der Waals surface area contributed by atoms with Crippen molar-refractivity contribution in [1.29, 1.82) is 0 Å². The van der Waals surface area contributed by atoms with Gasteiger partial charge in [-0.1, -0.05) is 18.2 Å². The van der Waals surface area contributed by atoms with Crippen LogP contribution in [0.15, 0.2) is 24.3 Å². The van der Waals surface area contributed by atoms with Crippen LogP contribution in [0.5, 0.6) is 0 Å². The van der Waals surface area contributed by atoms with Crippen molar-refractivity contribution in [3.05, 3.63) is 33.4 Å². The smallest absolute Gasteiger partial charge is 0.373 e. The molecule has 1 aromatic carbocycles. The Labute approximate surface area is 86.6 Å². The molecule has 2 nitrogen and oxygen atoms in total. The van der Waals surface area contributed by atoms with Gasteiger partial charge in [0.1, 0.15) is 0 Å². The molecule has 0 aliphatic carbocycles. The summed E-state index contributed by atoms with van der Waals surface area (Å²) in [6.07, 6.45) is 0. The Balaban J connectivity index is 2.57. The van der Waals surface area contributed by atoms with Gasteiger partial charge in [-0.25, -0.2) is 0 Å². The molecule has 4 heteroatoms. The van der Waals surface area contributed by atoms with Crippen molar-refractivity contribution in [1.82, 2.24) is 5.23 Å². The van der Waals surface area contributed by atoms with Crippen LogP contribution < -0.4 is 5.23 Å². The molecule has 0 radical (unpaired) electrons. The second-order valence-corrected chi connectivity index (χ2v) is 3.81. The monoisotopic (exact) mass is 275 g/mol. The van der Waals surface area contributed by atoms with Gasteiger partial charge in [-0.2, -0.15) is 0 Å². The molecule has 0 unspecified atom stereocenters. The Hall–Kier alpha value is -0.0651. The van der Waals surface area contributed by atoms with Gasteiger partial charge in [0.2, 0.25) is 0 Å². The van der Waals surface area contributed by atoms with Crippen molar-refractivity contribution < 1.29 is 5.02 Å². The van der Waals surface area contributed by atoms with Gasteiger partial charge in [-0.05, 0) is 41.0 Å². The predicted octanol–water partition coefficient (Wildman–Crippen LogP) is 1.49. The predicted molar refractivity (Wildman–Crippen MR) is 59.8 cm³/mol. The third-order valence-corrected chi connectivity index (χ3v) is 2.60. The van der Waals surface area contributed by atoms with E-state index in [1.54, 1.807) is 6.82 Å². The summed E-state index contributed by atoms with van der Waals surface area (Å²) in [6, 6.07) is 8.12. The van der Waals surface area contributed by atoms with Gasteiger partial charge >= 0.3 is 7.05 Å². The zero-order chi connectivity index (χ0) is 8.97. The molecule has 2 N–H and O–H groups in total. The Morgan fingerprint density at radius 1 is 1.50 bits per heavy atom. The Morgan fingerprint density at radius 3 is 2.75 bits per heavy atom. The molecule has 0 saturated heterocycles. The second-order valence-electron chi connectivity index (χ2n) is 2.65. The van der Waals surface area contributed by atoms with Crippen molar-refractivity contribution >= 4 is 29.6 Å². The van der Waals surface area contributed by atoms with Gasteiger partial charge in [0.15, 0.2) is 0 Å². The SMILES string of the molecule is CB(O)NCc1ccccc1I. The summed E-state index contributed by atoms with van der Waals surface area (Å²) in [4.78, 5) is 0. The van der Waals surface area contributed by atoms with Crippen LogP contribution in [0.2, 0.25) is 6.82 Å². The average Bonchev–Trinajstić information content (AvgIpc) is 2.03. The van der Waals surface area contributed by atoms with Crippen molar-refractivity contribution in [2.45, 2.75) is 13.4 Å². The fourth-order valence-electron chi connectivity index (χ4n) is 0.899. The minimum Gasteiger partial charge on any atom is -0.437 e. The summed E-state index contributed by atoms with van der Waals surface area (Å²) >= 11 is 2.29. The van der Waals surface area contributed by atoms with Crippen molar-refractivity contribution in [2.24, 2.45) is 0 Å². The van der Waals surface area contributed by atoms with Gasteiger partial charge in [-0.15, -0.1) is 0 Å². The first-order valence-electron chi connectivity index (χ1n) is 3.85. The van der Waals surface area contributed by atoms with Crippen LogP contribution in [0.4, 0.5) is 0 Å². The van der Waals surface area contributed by atoms with E-state index in [4.69, 9.17) is 5.02 Å². The molecule has 1 aromatic rings. The summed E-state index contributed by atoms with van der Waals surface area (Å²) < 4.78 is 1.23. The topological polar surface area (TPSA) is 32.3 Å². The van der Waals surface area contributed by atoms with E-state index in [0.29, 0.717) is 0 Å². The van der Waals surface area contributed by atoms with Crippen LogP contribution in [0.1, 0.15) is 5.56 Å². The third-order valence-electron chi connectivity index (χ3n) is 1.55. The molecule has 0 aromatic heterocycles. The lowest BCUT2D eigenvalue weighted by Crippen LogP contribution is -2.29. The van der Waals surface area contributed by atoms with E-state index in [2.05, 4.69) is 40.0 Å². The van der Waals surface area contributed by atoms with Crippen molar-refractivity contribution in [3.63, 3.8) is 0 Å². The maximum Gasteiger partial charge on any atom is 0.373 e. The number of halogens is 1. The number of rotatable bonds is 3. The molecule has 0 bridgehead atoms. The highest BCUT2D eigenvalue weighted by atomic mass is 127. The van der Waals surface area contributed by atoms with Gasteiger partial charge in [0, 0.05) is 10.1 Å². The zero-order valence-electron chi connectivity index (χ0n) is 6.92. The Bertz CT molecular complexity index is 255. The summed E-state index contributed by atoms with van der Waals surface area (Å²) in [5.41, 5.74) is 1.22. The first-order valence-corrected chi connectivity index (χ1v) is 4.93. The summed E-state index contributed by atoms with van der Waals surface area (Å²) in [5, 5.41) is 11.9. The lowest BCUT2D eigenvalue weighted by atomic mass is 9.88. The summed E-state index contributed by atoms with van der Waals surface area (Å²) in [5.74, 6) is 0. The molecule has 1 rings (SSSR count). The molecule has 0 atom stereocenters. The van der Waals surface area contributed by atoms with Crippen molar-refractivity contribution in [3.8, 4) is 0 Å². The molecular weight excluding hydrogens is 264 g/mol. The Morgan fingerprint density at radius 2 is 2.17 bits per heavy atom. The lowest BCUT2D eigenvalue weighted by Gasteiger charge is -2.05. The van der Waals surface area contributed by atoms with E-state index >= 15 is 0 Å². The number of nitrogens with one attached hydrogen (secondary N) is 1. The summed E-state index contributed by atoms with van der Waals surface area (Å²) in [7, 11) is -0.444. The van der Waals surface area contributed by atoms with Crippen LogP contribution in [-0.4, -0.2) is 12.1 Å². The van der Waals surface area contributed by atoms with Crippen LogP contribution in [-0.2, 0) is 6.54 Å². The highest BCUT2D eigenvalue weighted by molar-refractivity contribution is 14.1. The van der Waals surface area contributed by atoms with E-state index in [1.165, 1.54) is 9.13 Å². The van der Waals surface area contributed by atoms with Crippen LogP contribution in [0.25, 0.3) is 0 Å². The zero-order valence-corrected chi connectivity index (χ0v) is 9.08. The van der Waals surface area contributed by atoms with Gasteiger partial charge < -0.3 is 10.3 Å². The number of benzene rings is 1. The molecule has 0 amide bonds. The van der Waals surface area contributed by atoms with E-state index in [0.717, 1.165) is 6.54 Å². The molecule has 64 valence electrons. The first kappa shape index (κ1) is 10.0. The molecular formula is C8H11BINO. The molecule has 0 fully saturated rings. The molecule has 0 heterocycles. The maximum atomic E-state index is 8.99. The lowest BCUT2D eigenvalue weighted by molar-refractivity contribution is 0.554. The highest BCUT2D eigenvalue weighted by Crippen LogP contribution is 2.10. The summed E-state index contributed by atoms with van der Waals surface area (Å²) in [6.45, 7) is 2.44. The minimum atomic E-state index is -0.444. The number of hydrogen-bond acceptors (Lipinski definition) is 2. The largest absolute Gasteiger partial charge is 0.437 e. The average molecular weight is 275 g/mol. The van der Waals surface area contributed by atoms with E-state index < -0.39 is 7.05 Å². The molecule has 0 saturated carbocycles. The first-order chi connectivity index (χ1) is 5.70. The van der Waals surface area contributed by atoms with Crippen molar-refractivity contribution in [2.75, 3.05) is 0 Å². The minimum absolute atomic E-state index is 0.444. The maximum absolute atomic E-state index is 8.99. The fraction of sp³-hybridized carbons (Fsp3) is 0.250. The van der Waals surface area contributed by atoms with E-state index in [-0.39, 0.29) is 0 Å². The van der Waals surface area contributed by atoms with Crippen LogP contribution in [0.3, 0.4) is 0 Å². The Kier molecular flexibility index (Phi) is 4.04. The number of hydrogen-bond donors (Lipinski definition) is 2. The normalized spacial score (nSPS) is 9.92. The van der Waals surface area contributed by atoms with Gasteiger partial charge in [0.05, 0.1) is 0 Å². The fourth-order valence-corrected chi connectivity index (χ4v) is 1.48. The quantitative estimate of drug-likeness (QED) is 0.647. The highest BCUT2D eigenvalue weighted by Gasteiger charge is 2.02. The van der Waals surface area contributed by atoms with E-state index in [9.17, 15) is 0 Å². The molecule has 0 aliphatic rings. The molecule has 0 aliphatic heterocycles.